The molecule has 8 heteroatoms. The summed E-state index contributed by atoms with van der Waals surface area (Å²) in [6.07, 6.45) is 1.06. The van der Waals surface area contributed by atoms with Gasteiger partial charge < -0.3 is 10.0 Å². The topological polar surface area (TPSA) is 101 Å². The maximum Gasteiger partial charge on any atom is 0.305 e. The van der Waals surface area contributed by atoms with Crippen LogP contribution < -0.4 is 0 Å². The van der Waals surface area contributed by atoms with Gasteiger partial charge in [0, 0.05) is 18.7 Å². The monoisotopic (exact) mass is 312 g/mol. The number of likely N-dealkylation sites (tertiary alicyclic amines) is 1. The van der Waals surface area contributed by atoms with Crippen LogP contribution in [0.5, 0.6) is 0 Å². The fraction of sp³-hybridized carbons (Fsp3) is 0.385. The van der Waals surface area contributed by atoms with E-state index in [0.29, 0.717) is 19.4 Å². The van der Waals surface area contributed by atoms with Crippen LogP contribution in [-0.4, -0.2) is 39.4 Å². The van der Waals surface area contributed by atoms with Crippen molar-refractivity contribution in [1.82, 2.24) is 4.90 Å². The average Bonchev–Trinajstić information content (AvgIpc) is 2.84. The number of nitrogens with zero attached hydrogens (tertiary/aromatic N) is 2. The lowest BCUT2D eigenvalue weighted by atomic mass is 10.1. The highest BCUT2D eigenvalue weighted by molar-refractivity contribution is 6.34. The van der Waals surface area contributed by atoms with Crippen molar-refractivity contribution < 1.29 is 19.6 Å². The molecule has 2 rings (SSSR count). The first kappa shape index (κ1) is 15.2. The Labute approximate surface area is 125 Å². The summed E-state index contributed by atoms with van der Waals surface area (Å²) in [5.41, 5.74) is -0.546. The van der Waals surface area contributed by atoms with Crippen molar-refractivity contribution in [3.63, 3.8) is 0 Å². The second kappa shape index (κ2) is 6.09. The minimum absolute atomic E-state index is 0.00447. The zero-order chi connectivity index (χ0) is 15.6. The minimum atomic E-state index is -1.01. The van der Waals surface area contributed by atoms with Gasteiger partial charge in [-0.2, -0.15) is 0 Å². The van der Waals surface area contributed by atoms with Crippen molar-refractivity contribution in [2.75, 3.05) is 6.54 Å². The number of nitro groups is 1. The summed E-state index contributed by atoms with van der Waals surface area (Å²) >= 11 is 5.93. The Kier molecular flexibility index (Phi) is 4.42. The van der Waals surface area contributed by atoms with Crippen molar-refractivity contribution in [1.29, 1.82) is 0 Å². The van der Waals surface area contributed by atoms with Crippen molar-refractivity contribution in [2.24, 2.45) is 0 Å². The fourth-order valence-electron chi connectivity index (χ4n) is 2.54. The molecule has 1 aromatic rings. The van der Waals surface area contributed by atoms with Gasteiger partial charge in [-0.05, 0) is 18.9 Å². The summed E-state index contributed by atoms with van der Waals surface area (Å²) in [6.45, 7) is 0.374. The molecule has 0 spiro atoms. The quantitative estimate of drug-likeness (QED) is 0.679. The van der Waals surface area contributed by atoms with Gasteiger partial charge >= 0.3 is 5.97 Å². The van der Waals surface area contributed by atoms with Crippen molar-refractivity contribution in [3.05, 3.63) is 38.9 Å². The van der Waals surface area contributed by atoms with E-state index in [0.717, 1.165) is 0 Å². The molecular weight excluding hydrogens is 300 g/mol. The second-order valence-corrected chi connectivity index (χ2v) is 5.19. The van der Waals surface area contributed by atoms with Crippen LogP contribution in [-0.2, 0) is 4.79 Å². The molecule has 1 heterocycles. The van der Waals surface area contributed by atoms with E-state index in [-0.39, 0.29) is 22.7 Å². The molecule has 1 aliphatic heterocycles. The number of nitro benzene ring substituents is 1. The molecule has 1 saturated heterocycles. The number of hydrogen-bond acceptors (Lipinski definition) is 4. The summed E-state index contributed by atoms with van der Waals surface area (Å²) in [7, 11) is 0. The van der Waals surface area contributed by atoms with E-state index in [1.807, 2.05) is 0 Å². The lowest BCUT2D eigenvalue weighted by Crippen LogP contribution is -2.37. The van der Waals surface area contributed by atoms with Gasteiger partial charge in [-0.25, -0.2) is 0 Å². The Balaban J connectivity index is 2.36. The number of halogens is 1. The fourth-order valence-corrected chi connectivity index (χ4v) is 2.79. The normalized spacial score (nSPS) is 17.8. The number of amides is 1. The van der Waals surface area contributed by atoms with Crippen LogP contribution in [0.4, 0.5) is 5.69 Å². The maximum absolute atomic E-state index is 12.5. The first-order chi connectivity index (χ1) is 9.91. The van der Waals surface area contributed by atoms with Crippen LogP contribution in [0.15, 0.2) is 18.2 Å². The van der Waals surface area contributed by atoms with E-state index in [2.05, 4.69) is 0 Å². The van der Waals surface area contributed by atoms with Gasteiger partial charge in [-0.3, -0.25) is 19.7 Å². The Hall–Kier alpha value is -2.15. The molecule has 1 atom stereocenters. The SMILES string of the molecule is O=C(O)CC1CCCN1C(=O)c1c(Cl)cccc1[N+](=O)[O-]. The molecule has 1 unspecified atom stereocenters. The first-order valence-electron chi connectivity index (χ1n) is 6.37. The molecule has 1 aromatic carbocycles. The van der Waals surface area contributed by atoms with Crippen LogP contribution in [0.1, 0.15) is 29.6 Å². The van der Waals surface area contributed by atoms with Gasteiger partial charge in [0.05, 0.1) is 16.4 Å². The Morgan fingerprint density at radius 2 is 2.19 bits per heavy atom. The van der Waals surface area contributed by atoms with Crippen molar-refractivity contribution in [2.45, 2.75) is 25.3 Å². The zero-order valence-corrected chi connectivity index (χ0v) is 11.7. The van der Waals surface area contributed by atoms with Crippen LogP contribution in [0.2, 0.25) is 5.02 Å². The van der Waals surface area contributed by atoms with Gasteiger partial charge in [0.15, 0.2) is 0 Å². The molecule has 1 fully saturated rings. The van der Waals surface area contributed by atoms with Gasteiger partial charge in [-0.1, -0.05) is 17.7 Å². The van der Waals surface area contributed by atoms with Crippen LogP contribution in [0, 0.1) is 10.1 Å². The number of benzene rings is 1. The lowest BCUT2D eigenvalue weighted by molar-refractivity contribution is -0.385. The van der Waals surface area contributed by atoms with E-state index >= 15 is 0 Å². The summed E-state index contributed by atoms with van der Waals surface area (Å²) in [5, 5.41) is 19.9. The molecule has 112 valence electrons. The predicted molar refractivity (Wildman–Crippen MR) is 74.4 cm³/mol. The van der Waals surface area contributed by atoms with Crippen LogP contribution in [0.25, 0.3) is 0 Å². The standard InChI is InChI=1S/C13H13ClN2O5/c14-9-4-1-5-10(16(20)21)12(9)13(19)15-6-2-3-8(15)7-11(17)18/h1,4-5,8H,2-3,6-7H2,(H,17,18). The molecule has 0 aromatic heterocycles. The van der Waals surface area contributed by atoms with Crippen LogP contribution >= 0.6 is 11.6 Å². The number of hydrogen-bond donors (Lipinski definition) is 1. The Morgan fingerprint density at radius 3 is 2.81 bits per heavy atom. The van der Waals surface area contributed by atoms with Gasteiger partial charge in [-0.15, -0.1) is 0 Å². The summed E-state index contributed by atoms with van der Waals surface area (Å²) in [6, 6.07) is 3.56. The second-order valence-electron chi connectivity index (χ2n) is 4.78. The summed E-state index contributed by atoms with van der Waals surface area (Å²) in [4.78, 5) is 35.1. The molecule has 0 radical (unpaired) electrons. The first-order valence-corrected chi connectivity index (χ1v) is 6.75. The van der Waals surface area contributed by atoms with Crippen molar-refractivity contribution >= 4 is 29.2 Å². The lowest BCUT2D eigenvalue weighted by Gasteiger charge is -2.23. The summed E-state index contributed by atoms with van der Waals surface area (Å²) in [5.74, 6) is -1.59. The van der Waals surface area contributed by atoms with E-state index in [1.54, 1.807) is 0 Å². The molecule has 0 aliphatic carbocycles. The molecule has 0 saturated carbocycles. The number of rotatable bonds is 4. The molecule has 7 nitrogen and oxygen atoms in total. The highest BCUT2D eigenvalue weighted by Crippen LogP contribution is 2.31. The van der Waals surface area contributed by atoms with E-state index < -0.39 is 22.8 Å². The van der Waals surface area contributed by atoms with Gasteiger partial charge in [0.25, 0.3) is 11.6 Å². The Morgan fingerprint density at radius 1 is 1.48 bits per heavy atom. The highest BCUT2D eigenvalue weighted by atomic mass is 35.5. The van der Waals surface area contributed by atoms with E-state index in [9.17, 15) is 19.7 Å². The minimum Gasteiger partial charge on any atom is -0.481 e. The number of carboxylic acid groups (broad SMARTS) is 1. The smallest absolute Gasteiger partial charge is 0.305 e. The van der Waals surface area contributed by atoms with E-state index in [1.165, 1.54) is 23.1 Å². The molecule has 1 aliphatic rings. The number of carboxylic acids is 1. The van der Waals surface area contributed by atoms with E-state index in [4.69, 9.17) is 16.7 Å². The maximum atomic E-state index is 12.5. The Bertz CT molecular complexity index is 604. The van der Waals surface area contributed by atoms with Crippen LogP contribution in [0.3, 0.4) is 0 Å². The molecular formula is C13H13ClN2O5. The average molecular weight is 313 g/mol. The van der Waals surface area contributed by atoms with Gasteiger partial charge in [0.1, 0.15) is 5.56 Å². The zero-order valence-electron chi connectivity index (χ0n) is 11.0. The van der Waals surface area contributed by atoms with Gasteiger partial charge in [0.2, 0.25) is 0 Å². The highest BCUT2D eigenvalue weighted by Gasteiger charge is 2.35. The third-order valence-electron chi connectivity index (χ3n) is 3.45. The van der Waals surface area contributed by atoms with Crippen molar-refractivity contribution in [3.8, 4) is 0 Å². The third-order valence-corrected chi connectivity index (χ3v) is 3.77. The third kappa shape index (κ3) is 3.13. The predicted octanol–water partition coefficient (Wildman–Crippen LogP) is 2.33. The largest absolute Gasteiger partial charge is 0.481 e. The number of carbonyl (C=O) groups excluding carboxylic acids is 1. The number of aliphatic carboxylic acids is 1. The molecule has 0 bridgehead atoms. The molecule has 1 N–H and O–H groups in total. The molecule has 1 amide bonds. The molecule has 21 heavy (non-hydrogen) atoms. The summed E-state index contributed by atoms with van der Waals surface area (Å²) < 4.78 is 0. The number of carbonyl (C=O) groups is 2.